The van der Waals surface area contributed by atoms with Gasteiger partial charge in [0.05, 0.1) is 29.8 Å². The number of piperazine rings is 1. The van der Waals surface area contributed by atoms with Crippen LogP contribution in [-0.2, 0) is 4.74 Å². The molecule has 0 saturated carbocycles. The Bertz CT molecular complexity index is 771. The highest BCUT2D eigenvalue weighted by molar-refractivity contribution is 5.70. The number of ether oxygens (including phenoxy) is 1. The number of benzene rings is 1. The monoisotopic (exact) mass is 377 g/mol. The molecular weight excluding hydrogens is 352 g/mol. The summed E-state index contributed by atoms with van der Waals surface area (Å²) in [4.78, 5) is 16.1. The predicted octanol–water partition coefficient (Wildman–Crippen LogP) is 4.18. The Kier molecular flexibility index (Phi) is 5.02. The van der Waals surface area contributed by atoms with Crippen LogP contribution in [0.15, 0.2) is 12.1 Å². The molecule has 2 saturated heterocycles. The number of nitrogens with zero attached hydrogens (tertiary/aromatic N) is 3. The average molecular weight is 377 g/mol. The van der Waals surface area contributed by atoms with Gasteiger partial charge in [0.15, 0.2) is 0 Å². The fraction of sp³-hybridized carbons (Fsp3) is 0.600. The number of halogens is 2. The van der Waals surface area contributed by atoms with E-state index in [1.165, 1.54) is 13.0 Å². The van der Waals surface area contributed by atoms with E-state index in [1.54, 1.807) is 9.80 Å². The highest BCUT2D eigenvalue weighted by Gasteiger charge is 2.44. The summed E-state index contributed by atoms with van der Waals surface area (Å²) < 4.78 is 34.5. The number of hydrogen-bond donors (Lipinski definition) is 0. The van der Waals surface area contributed by atoms with E-state index in [9.17, 15) is 13.6 Å². The van der Waals surface area contributed by atoms with Crippen molar-refractivity contribution in [3.05, 3.63) is 29.3 Å². The Hall–Kier alpha value is -2.36. The fourth-order valence-corrected chi connectivity index (χ4v) is 3.91. The lowest BCUT2D eigenvalue weighted by Crippen LogP contribution is -2.57. The number of rotatable bonds is 2. The Labute approximate surface area is 158 Å². The molecule has 27 heavy (non-hydrogen) atoms. The van der Waals surface area contributed by atoms with Gasteiger partial charge in [-0.25, -0.2) is 13.6 Å². The maximum absolute atomic E-state index is 14.6. The van der Waals surface area contributed by atoms with Crippen molar-refractivity contribution < 1.29 is 18.3 Å². The van der Waals surface area contributed by atoms with Gasteiger partial charge in [0.2, 0.25) is 0 Å². The van der Waals surface area contributed by atoms with E-state index in [2.05, 4.69) is 0 Å². The molecule has 2 aliphatic rings. The molecule has 7 heteroatoms. The van der Waals surface area contributed by atoms with Crippen molar-refractivity contribution in [3.63, 3.8) is 0 Å². The molecule has 5 nitrogen and oxygen atoms in total. The number of nitriles is 1. The molecule has 0 radical (unpaired) electrons. The van der Waals surface area contributed by atoms with Gasteiger partial charge >= 0.3 is 6.09 Å². The number of hydrogen-bond acceptors (Lipinski definition) is 4. The van der Waals surface area contributed by atoms with Crippen LogP contribution in [-0.4, -0.2) is 41.8 Å². The molecule has 0 N–H and O–H groups in total. The van der Waals surface area contributed by atoms with Gasteiger partial charge in [0, 0.05) is 24.7 Å². The Morgan fingerprint density at radius 1 is 1.22 bits per heavy atom. The van der Waals surface area contributed by atoms with Crippen LogP contribution in [0.25, 0.3) is 0 Å². The fourth-order valence-electron chi connectivity index (χ4n) is 3.91. The van der Waals surface area contributed by atoms with Gasteiger partial charge in [-0.05, 0) is 46.6 Å². The summed E-state index contributed by atoms with van der Waals surface area (Å²) in [5.74, 6) is -1.84. The second-order valence-electron chi connectivity index (χ2n) is 8.35. The van der Waals surface area contributed by atoms with Crippen molar-refractivity contribution in [2.24, 2.45) is 0 Å². The summed E-state index contributed by atoms with van der Waals surface area (Å²) in [7, 11) is 0. The van der Waals surface area contributed by atoms with Crippen molar-refractivity contribution >= 4 is 11.8 Å². The molecule has 2 fully saturated rings. The number of fused-ring (bicyclic) bond motifs is 2. The summed E-state index contributed by atoms with van der Waals surface area (Å²) in [6, 6.07) is 4.04. The zero-order chi connectivity index (χ0) is 19.9. The van der Waals surface area contributed by atoms with Gasteiger partial charge < -0.3 is 9.64 Å². The Morgan fingerprint density at radius 3 is 2.33 bits per heavy atom. The van der Waals surface area contributed by atoms with Crippen molar-refractivity contribution in [2.75, 3.05) is 18.0 Å². The van der Waals surface area contributed by atoms with Gasteiger partial charge in [-0.15, -0.1) is 0 Å². The first kappa shape index (κ1) is 19.4. The molecule has 3 rings (SSSR count). The van der Waals surface area contributed by atoms with Gasteiger partial charge in [-0.2, -0.15) is 5.26 Å². The van der Waals surface area contributed by atoms with Crippen molar-refractivity contribution in [1.29, 1.82) is 5.26 Å². The lowest BCUT2D eigenvalue weighted by molar-refractivity contribution is 0.0123. The van der Waals surface area contributed by atoms with Crippen LogP contribution >= 0.6 is 0 Å². The lowest BCUT2D eigenvalue weighted by Gasteiger charge is -2.42. The molecule has 3 unspecified atom stereocenters. The summed E-state index contributed by atoms with van der Waals surface area (Å²) in [6.45, 7) is 7.87. The van der Waals surface area contributed by atoms with Crippen LogP contribution < -0.4 is 4.90 Å². The molecule has 0 spiro atoms. The molecular formula is C20H25F2N3O2. The highest BCUT2D eigenvalue weighted by atomic mass is 19.1. The van der Waals surface area contributed by atoms with Crippen molar-refractivity contribution in [1.82, 2.24) is 4.90 Å². The Balaban J connectivity index is 1.80. The van der Waals surface area contributed by atoms with E-state index in [1.807, 2.05) is 26.8 Å². The smallest absolute Gasteiger partial charge is 0.410 e. The molecule has 2 aliphatic heterocycles. The molecule has 3 atom stereocenters. The molecule has 0 aromatic heterocycles. The first-order valence-electron chi connectivity index (χ1n) is 9.25. The van der Waals surface area contributed by atoms with Crippen LogP contribution in [0.5, 0.6) is 0 Å². The van der Waals surface area contributed by atoms with E-state index in [-0.39, 0.29) is 29.4 Å². The standard InChI is InChI=1S/C20H25F2N3O2/c1-12(9-23)15-7-17(22)18(8-16(15)21)24-10-13-5-6-14(11-24)25(13)19(26)27-20(2,3)4/h7-8,12-14H,5-6,10-11H2,1-4H3. The number of carbonyl (C=O) groups is 1. The molecule has 1 amide bonds. The first-order chi connectivity index (χ1) is 12.6. The van der Waals surface area contributed by atoms with E-state index in [4.69, 9.17) is 10.00 Å². The van der Waals surface area contributed by atoms with Gasteiger partial charge in [0.1, 0.15) is 17.2 Å². The zero-order valence-corrected chi connectivity index (χ0v) is 16.1. The summed E-state index contributed by atoms with van der Waals surface area (Å²) >= 11 is 0. The number of amides is 1. The summed E-state index contributed by atoms with van der Waals surface area (Å²) in [5, 5.41) is 8.96. The lowest BCUT2D eigenvalue weighted by atomic mass is 10.0. The summed E-state index contributed by atoms with van der Waals surface area (Å²) in [6.07, 6.45) is 1.28. The Morgan fingerprint density at radius 2 is 1.81 bits per heavy atom. The van der Waals surface area contributed by atoms with E-state index >= 15 is 0 Å². The third-order valence-electron chi connectivity index (χ3n) is 5.15. The molecule has 0 aliphatic carbocycles. The van der Waals surface area contributed by atoms with Crippen LogP contribution in [0.4, 0.5) is 19.3 Å². The topological polar surface area (TPSA) is 56.6 Å². The minimum atomic E-state index is -0.714. The van der Waals surface area contributed by atoms with E-state index in [0.717, 1.165) is 18.9 Å². The highest BCUT2D eigenvalue weighted by Crippen LogP contribution is 2.36. The molecule has 2 bridgehead atoms. The largest absolute Gasteiger partial charge is 0.444 e. The second kappa shape index (κ2) is 6.99. The number of anilines is 1. The van der Waals surface area contributed by atoms with Crippen LogP contribution in [0, 0.1) is 23.0 Å². The van der Waals surface area contributed by atoms with Crippen LogP contribution in [0.1, 0.15) is 52.0 Å². The molecule has 1 aromatic rings. The van der Waals surface area contributed by atoms with Gasteiger partial charge in [0.25, 0.3) is 0 Å². The summed E-state index contributed by atoms with van der Waals surface area (Å²) in [5.41, 5.74) is -0.327. The third-order valence-corrected chi connectivity index (χ3v) is 5.15. The van der Waals surface area contributed by atoms with Gasteiger partial charge in [-0.3, -0.25) is 4.90 Å². The number of carbonyl (C=O) groups excluding carboxylic acids is 1. The van der Waals surface area contributed by atoms with Crippen LogP contribution in [0.3, 0.4) is 0 Å². The maximum atomic E-state index is 14.6. The van der Waals surface area contributed by atoms with E-state index in [0.29, 0.717) is 13.1 Å². The molecule has 1 aromatic carbocycles. The predicted molar refractivity (Wildman–Crippen MR) is 97.5 cm³/mol. The van der Waals surface area contributed by atoms with Crippen molar-refractivity contribution in [3.8, 4) is 6.07 Å². The maximum Gasteiger partial charge on any atom is 0.410 e. The third kappa shape index (κ3) is 3.85. The minimum Gasteiger partial charge on any atom is -0.444 e. The molecule has 2 heterocycles. The average Bonchev–Trinajstić information content (AvgIpc) is 2.85. The second-order valence-corrected chi connectivity index (χ2v) is 8.35. The SMILES string of the molecule is CC(C#N)c1cc(F)c(N2CC3CCC(C2)N3C(=O)OC(C)(C)C)cc1F. The van der Waals surface area contributed by atoms with Crippen LogP contribution in [0.2, 0.25) is 0 Å². The minimum absolute atomic E-state index is 0.0640. The van der Waals surface area contributed by atoms with Gasteiger partial charge in [-0.1, -0.05) is 0 Å². The zero-order valence-electron chi connectivity index (χ0n) is 16.1. The first-order valence-corrected chi connectivity index (χ1v) is 9.25. The van der Waals surface area contributed by atoms with Crippen molar-refractivity contribution in [2.45, 2.75) is 64.1 Å². The normalized spacial score (nSPS) is 23.1. The molecule has 146 valence electrons. The quantitative estimate of drug-likeness (QED) is 0.776. The van der Waals surface area contributed by atoms with E-state index < -0.39 is 23.2 Å².